The lowest BCUT2D eigenvalue weighted by molar-refractivity contribution is -0.137. The van der Waals surface area contributed by atoms with E-state index in [-0.39, 0.29) is 24.0 Å². The van der Waals surface area contributed by atoms with Gasteiger partial charge in [-0.05, 0) is 6.42 Å². The molecular weight excluding hydrogens is 567 g/mol. The van der Waals surface area contributed by atoms with Gasteiger partial charge in [-0.15, -0.1) is 0 Å². The van der Waals surface area contributed by atoms with Gasteiger partial charge in [0.1, 0.15) is 6.10 Å². The van der Waals surface area contributed by atoms with Crippen LogP contribution >= 0.6 is 19.6 Å². The molecule has 0 aliphatic carbocycles. The Kier molecular flexibility index (Phi) is 23.9. The Bertz CT molecular complexity index is 763. The Labute approximate surface area is 252 Å². The van der Waals surface area contributed by atoms with Gasteiger partial charge in [-0.2, -0.15) is 0 Å². The average molecular weight is 625 g/mol. The van der Waals surface area contributed by atoms with Crippen LogP contribution in [0.2, 0.25) is 0 Å². The smallest absolute Gasteiger partial charge is 0.383 e. The van der Waals surface area contributed by atoms with Gasteiger partial charge in [0.05, 0.1) is 6.61 Å². The summed E-state index contributed by atoms with van der Waals surface area (Å²) in [6.45, 7) is 4.92. The fourth-order valence-electron chi connectivity index (χ4n) is 4.24. The van der Waals surface area contributed by atoms with Gasteiger partial charge in [0.25, 0.3) is 0 Å². The van der Waals surface area contributed by atoms with Crippen molar-refractivity contribution in [2.45, 2.75) is 136 Å². The summed E-state index contributed by atoms with van der Waals surface area (Å²) in [7, 11) is -4.72. The van der Waals surface area contributed by atoms with Crippen LogP contribution in [0, 0.1) is 5.41 Å². The highest BCUT2D eigenvalue weighted by molar-refractivity contribution is 8.13. The van der Waals surface area contributed by atoms with Crippen LogP contribution in [-0.2, 0) is 23.5 Å². The van der Waals surface area contributed by atoms with Crippen molar-refractivity contribution in [1.29, 1.82) is 0 Å². The zero-order valence-corrected chi connectivity index (χ0v) is 27.4. The Balaban J connectivity index is 3.64. The molecule has 0 aromatic heterocycles. The largest absolute Gasteiger partial charge is 0.469 e. The zero-order chi connectivity index (χ0) is 31.0. The first-order chi connectivity index (χ1) is 19.4. The lowest BCUT2D eigenvalue weighted by Gasteiger charge is -2.29. The van der Waals surface area contributed by atoms with Gasteiger partial charge >= 0.3 is 7.82 Å². The van der Waals surface area contributed by atoms with Gasteiger partial charge in [0.2, 0.25) is 11.8 Å². The third-order valence-corrected chi connectivity index (χ3v) is 8.32. The van der Waals surface area contributed by atoms with Crippen molar-refractivity contribution in [3.63, 3.8) is 0 Å². The lowest BCUT2D eigenvalue weighted by atomic mass is 9.87. The maximum atomic E-state index is 12.1. The predicted octanol–water partition coefficient (Wildman–Crippen LogP) is 5.63. The second kappa shape index (κ2) is 24.5. The van der Waals surface area contributed by atoms with E-state index >= 15 is 0 Å². The number of unbranched alkanes of at least 4 members (excludes halogenated alkanes) is 14. The molecule has 5 N–H and O–H groups in total. The number of aliphatic hydroxyl groups excluding tert-OH is 1. The zero-order valence-electron chi connectivity index (χ0n) is 25.7. The van der Waals surface area contributed by atoms with Crippen molar-refractivity contribution >= 4 is 36.5 Å². The molecule has 1 atom stereocenters. The first-order valence-electron chi connectivity index (χ1n) is 15.5. The number of aliphatic hydroxyl groups is 1. The van der Waals surface area contributed by atoms with Crippen LogP contribution in [0.1, 0.15) is 130 Å². The number of carbonyl (C=O) groups is 3. The highest BCUT2D eigenvalue weighted by Gasteiger charge is 2.35. The number of thioether (sulfide) groups is 1. The number of amides is 2. The van der Waals surface area contributed by atoms with Crippen molar-refractivity contribution in [1.82, 2.24) is 10.6 Å². The summed E-state index contributed by atoms with van der Waals surface area (Å²) < 4.78 is 15.2. The normalized spacial score (nSPS) is 12.7. The summed E-state index contributed by atoms with van der Waals surface area (Å²) in [5, 5.41) is 15.4. The summed E-state index contributed by atoms with van der Waals surface area (Å²) >= 11 is 1.22. The minimum Gasteiger partial charge on any atom is -0.383 e. The number of rotatable bonds is 27. The molecule has 0 heterocycles. The van der Waals surface area contributed by atoms with E-state index in [1.165, 1.54) is 109 Å². The second-order valence-electron chi connectivity index (χ2n) is 11.5. The van der Waals surface area contributed by atoms with E-state index in [4.69, 9.17) is 9.79 Å². The minimum atomic E-state index is -4.72. The molecular formula is C29H57N2O8PS. The number of phosphoric acid groups is 1. The molecule has 41 heavy (non-hydrogen) atoms. The van der Waals surface area contributed by atoms with Crippen LogP contribution in [0.4, 0.5) is 0 Å². The van der Waals surface area contributed by atoms with E-state index in [1.807, 2.05) is 0 Å². The quantitative estimate of drug-likeness (QED) is 0.0576. The van der Waals surface area contributed by atoms with Crippen molar-refractivity contribution < 1.29 is 38.4 Å². The number of hydrogen-bond acceptors (Lipinski definition) is 7. The van der Waals surface area contributed by atoms with E-state index in [9.17, 15) is 24.1 Å². The molecule has 242 valence electrons. The van der Waals surface area contributed by atoms with Crippen molar-refractivity contribution in [3.8, 4) is 0 Å². The van der Waals surface area contributed by atoms with E-state index in [0.29, 0.717) is 18.7 Å². The molecule has 12 heteroatoms. The molecule has 0 spiro atoms. The molecule has 0 fully saturated rings. The van der Waals surface area contributed by atoms with E-state index in [1.54, 1.807) is 0 Å². The molecule has 0 aromatic rings. The molecule has 0 aliphatic heterocycles. The fraction of sp³-hybridized carbons (Fsp3) is 0.897. The van der Waals surface area contributed by atoms with Gasteiger partial charge in [-0.25, -0.2) is 4.57 Å². The maximum absolute atomic E-state index is 12.1. The van der Waals surface area contributed by atoms with Gasteiger partial charge in [-0.3, -0.25) is 18.9 Å². The van der Waals surface area contributed by atoms with Crippen LogP contribution in [0.25, 0.3) is 0 Å². The van der Waals surface area contributed by atoms with Crippen molar-refractivity contribution in [2.24, 2.45) is 5.41 Å². The van der Waals surface area contributed by atoms with E-state index < -0.39 is 31.9 Å². The summed E-state index contributed by atoms with van der Waals surface area (Å²) in [4.78, 5) is 53.7. The molecule has 0 aliphatic rings. The van der Waals surface area contributed by atoms with Crippen LogP contribution in [0.3, 0.4) is 0 Å². The molecule has 0 saturated carbocycles. The highest BCUT2D eigenvalue weighted by Crippen LogP contribution is 2.38. The monoisotopic (exact) mass is 624 g/mol. The van der Waals surface area contributed by atoms with Crippen molar-refractivity contribution in [3.05, 3.63) is 0 Å². The summed E-state index contributed by atoms with van der Waals surface area (Å²) in [5.74, 6) is -0.571. The van der Waals surface area contributed by atoms with Gasteiger partial charge in [0, 0.05) is 37.1 Å². The first kappa shape index (κ1) is 40.0. The Morgan fingerprint density at radius 3 is 1.76 bits per heavy atom. The molecule has 0 unspecified atom stereocenters. The van der Waals surface area contributed by atoms with Gasteiger partial charge in [0.15, 0.2) is 5.12 Å². The second-order valence-corrected chi connectivity index (χ2v) is 13.9. The molecule has 2 amide bonds. The van der Waals surface area contributed by atoms with Gasteiger partial charge < -0.3 is 25.5 Å². The highest BCUT2D eigenvalue weighted by atomic mass is 32.2. The summed E-state index contributed by atoms with van der Waals surface area (Å²) in [6.07, 6.45) is 18.3. The standard InChI is InChI=1S/C29H57N2O8PS/c1-4-5-6-7-8-9-10-11-12-13-14-15-16-17-18-19-26(33)41-23-22-30-25(32)20-21-31-28(35)27(34)29(2,3)24-39-40(36,37)38/h27,34H,4-24H2,1-3H3,(H,30,32)(H,31,35)(H2,36,37,38)/t27-/m0/s1. The first-order valence-corrected chi connectivity index (χ1v) is 18.0. The topological polar surface area (TPSA) is 162 Å². The number of nitrogens with one attached hydrogen (secondary N) is 2. The average Bonchev–Trinajstić information content (AvgIpc) is 2.91. The number of carbonyl (C=O) groups excluding carboxylic acids is 3. The van der Waals surface area contributed by atoms with Crippen LogP contribution in [-0.4, -0.2) is 63.4 Å². The lowest BCUT2D eigenvalue weighted by Crippen LogP contribution is -2.46. The van der Waals surface area contributed by atoms with Crippen molar-refractivity contribution in [2.75, 3.05) is 25.4 Å². The Morgan fingerprint density at radius 1 is 0.780 bits per heavy atom. The minimum absolute atomic E-state index is 0.00436. The predicted molar refractivity (Wildman–Crippen MR) is 165 cm³/mol. The third kappa shape index (κ3) is 25.3. The van der Waals surface area contributed by atoms with E-state index in [0.717, 1.165) is 12.8 Å². The molecule has 0 radical (unpaired) electrons. The molecule has 0 saturated heterocycles. The summed E-state index contributed by atoms with van der Waals surface area (Å²) in [5.41, 5.74) is -1.25. The third-order valence-electron chi connectivity index (χ3n) is 6.92. The summed E-state index contributed by atoms with van der Waals surface area (Å²) in [6, 6.07) is 0. The number of phosphoric ester groups is 1. The maximum Gasteiger partial charge on any atom is 0.469 e. The van der Waals surface area contributed by atoms with Gasteiger partial charge in [-0.1, -0.05) is 122 Å². The molecule has 10 nitrogen and oxygen atoms in total. The Morgan fingerprint density at radius 2 is 1.27 bits per heavy atom. The van der Waals surface area contributed by atoms with Crippen LogP contribution < -0.4 is 10.6 Å². The SMILES string of the molecule is CCCCCCCCCCCCCCCCCC(=O)SCCNC(=O)CCNC(=O)[C@H](O)C(C)(C)COP(=O)(O)O. The number of hydrogen-bond donors (Lipinski definition) is 5. The fourth-order valence-corrected chi connectivity index (χ4v) is 5.46. The van der Waals surface area contributed by atoms with Crippen LogP contribution in [0.15, 0.2) is 0 Å². The van der Waals surface area contributed by atoms with E-state index in [2.05, 4.69) is 22.1 Å². The Hall–Kier alpha value is -0.970. The van der Waals surface area contributed by atoms with Crippen LogP contribution in [0.5, 0.6) is 0 Å². The molecule has 0 rings (SSSR count). The molecule has 0 aromatic carbocycles. The molecule has 0 bridgehead atoms.